The van der Waals surface area contributed by atoms with E-state index in [2.05, 4.69) is 4.98 Å². The summed E-state index contributed by atoms with van der Waals surface area (Å²) < 4.78 is 0. The van der Waals surface area contributed by atoms with Crippen LogP contribution in [0.2, 0.25) is 0 Å². The molecule has 0 amide bonds. The fraction of sp³-hybridized carbons (Fsp3) is 0. The first kappa shape index (κ1) is 11.9. The van der Waals surface area contributed by atoms with Crippen LogP contribution >= 0.6 is 0 Å². The van der Waals surface area contributed by atoms with Crippen molar-refractivity contribution in [3.63, 3.8) is 0 Å². The first-order chi connectivity index (χ1) is 8.66. The number of hydrogen-bond acceptors (Lipinski definition) is 4. The summed E-state index contributed by atoms with van der Waals surface area (Å²) >= 11 is 0. The van der Waals surface area contributed by atoms with Gasteiger partial charge in [0.05, 0.1) is 0 Å². The Morgan fingerprint density at radius 2 is 1.94 bits per heavy atom. The number of aromatic hydroxyl groups is 2. The normalized spacial score (nSPS) is 10.7. The predicted molar refractivity (Wildman–Crippen MR) is 67.4 cm³/mol. The molecule has 0 saturated carbocycles. The van der Waals surface area contributed by atoms with Gasteiger partial charge >= 0.3 is 0 Å². The van der Waals surface area contributed by atoms with Crippen LogP contribution in [0.5, 0.6) is 11.5 Å². The summed E-state index contributed by atoms with van der Waals surface area (Å²) in [5, 5.41) is 18.4. The molecule has 2 rings (SSSR count). The summed E-state index contributed by atoms with van der Waals surface area (Å²) in [6.07, 6.45) is 4.47. The lowest BCUT2D eigenvalue weighted by molar-refractivity contribution is 0.104. The molecular weight excluding hydrogens is 230 g/mol. The Labute approximate surface area is 104 Å². The van der Waals surface area contributed by atoms with E-state index in [1.807, 2.05) is 0 Å². The SMILES string of the molecule is O=C(/C=C/c1ccc(O)c(O)c1)c1ccccn1. The van der Waals surface area contributed by atoms with Crippen molar-refractivity contribution in [2.75, 3.05) is 0 Å². The number of hydrogen-bond donors (Lipinski definition) is 2. The van der Waals surface area contributed by atoms with E-state index in [0.29, 0.717) is 11.3 Å². The van der Waals surface area contributed by atoms with Crippen molar-refractivity contribution in [2.45, 2.75) is 0 Å². The summed E-state index contributed by atoms with van der Waals surface area (Å²) in [6.45, 7) is 0. The summed E-state index contributed by atoms with van der Waals surface area (Å²) in [5.74, 6) is -0.631. The molecule has 1 aromatic heterocycles. The Balaban J connectivity index is 2.16. The molecule has 4 nitrogen and oxygen atoms in total. The second-order valence-corrected chi connectivity index (χ2v) is 3.66. The second kappa shape index (κ2) is 5.14. The van der Waals surface area contributed by atoms with E-state index in [1.165, 1.54) is 18.2 Å². The van der Waals surface area contributed by atoms with E-state index in [9.17, 15) is 9.90 Å². The lowest BCUT2D eigenvalue weighted by Gasteiger charge is -1.98. The van der Waals surface area contributed by atoms with Crippen molar-refractivity contribution >= 4 is 11.9 Å². The molecule has 0 saturated heterocycles. The maximum absolute atomic E-state index is 11.7. The summed E-state index contributed by atoms with van der Waals surface area (Å²) in [4.78, 5) is 15.6. The molecule has 1 heterocycles. The van der Waals surface area contributed by atoms with Crippen molar-refractivity contribution in [3.8, 4) is 11.5 Å². The number of phenolic OH excluding ortho intramolecular Hbond substituents is 2. The van der Waals surface area contributed by atoms with Crippen molar-refractivity contribution < 1.29 is 15.0 Å². The Bertz CT molecular complexity index is 591. The van der Waals surface area contributed by atoms with Crippen molar-refractivity contribution in [1.82, 2.24) is 4.98 Å². The van der Waals surface area contributed by atoms with Gasteiger partial charge in [0.1, 0.15) is 5.69 Å². The first-order valence-electron chi connectivity index (χ1n) is 5.32. The fourth-order valence-corrected chi connectivity index (χ4v) is 1.41. The number of nitrogens with zero attached hydrogens (tertiary/aromatic N) is 1. The number of ketones is 1. The Kier molecular flexibility index (Phi) is 3.38. The monoisotopic (exact) mass is 241 g/mol. The molecular formula is C14H11NO3. The molecule has 0 spiro atoms. The van der Waals surface area contributed by atoms with Gasteiger partial charge in [0.2, 0.25) is 5.78 Å². The first-order valence-corrected chi connectivity index (χ1v) is 5.32. The van der Waals surface area contributed by atoms with Gasteiger partial charge in [0.25, 0.3) is 0 Å². The molecule has 0 bridgehead atoms. The van der Waals surface area contributed by atoms with Crippen LogP contribution in [0.25, 0.3) is 6.08 Å². The van der Waals surface area contributed by atoms with Gasteiger partial charge in [-0.3, -0.25) is 9.78 Å². The zero-order valence-corrected chi connectivity index (χ0v) is 9.45. The number of phenols is 2. The highest BCUT2D eigenvalue weighted by Crippen LogP contribution is 2.25. The lowest BCUT2D eigenvalue weighted by Crippen LogP contribution is -1.96. The summed E-state index contributed by atoms with van der Waals surface area (Å²) in [5.41, 5.74) is 0.978. The molecule has 0 fully saturated rings. The van der Waals surface area contributed by atoms with Crippen LogP contribution in [-0.2, 0) is 0 Å². The Hall–Kier alpha value is -2.62. The number of benzene rings is 1. The molecule has 0 atom stereocenters. The number of aromatic nitrogens is 1. The summed E-state index contributed by atoms with van der Waals surface area (Å²) in [6, 6.07) is 9.43. The van der Waals surface area contributed by atoms with E-state index in [4.69, 9.17) is 5.11 Å². The molecule has 18 heavy (non-hydrogen) atoms. The van der Waals surface area contributed by atoms with Gasteiger partial charge in [-0.15, -0.1) is 0 Å². The molecule has 0 unspecified atom stereocenters. The molecule has 0 aliphatic rings. The van der Waals surface area contributed by atoms with E-state index >= 15 is 0 Å². The number of carbonyl (C=O) groups excluding carboxylic acids is 1. The van der Waals surface area contributed by atoms with Crippen LogP contribution in [0.4, 0.5) is 0 Å². The number of pyridine rings is 1. The smallest absolute Gasteiger partial charge is 0.204 e. The number of rotatable bonds is 3. The minimum atomic E-state index is -0.220. The van der Waals surface area contributed by atoms with Crippen molar-refractivity contribution in [1.29, 1.82) is 0 Å². The topological polar surface area (TPSA) is 70.4 Å². The molecule has 1 aromatic carbocycles. The standard InChI is InChI=1S/C14H11NO3/c16-12(11-3-1-2-8-15-11)6-4-10-5-7-13(17)14(18)9-10/h1-9,17-18H/b6-4+. The predicted octanol–water partition coefficient (Wildman–Crippen LogP) is 2.39. The molecule has 0 aliphatic heterocycles. The van der Waals surface area contributed by atoms with Gasteiger partial charge in [-0.1, -0.05) is 18.2 Å². The highest BCUT2D eigenvalue weighted by molar-refractivity contribution is 6.05. The fourth-order valence-electron chi connectivity index (χ4n) is 1.41. The lowest BCUT2D eigenvalue weighted by atomic mass is 10.1. The third kappa shape index (κ3) is 2.74. The molecule has 4 heteroatoms. The van der Waals surface area contributed by atoms with Gasteiger partial charge in [-0.05, 0) is 35.9 Å². The van der Waals surface area contributed by atoms with E-state index in [0.717, 1.165) is 0 Å². The van der Waals surface area contributed by atoms with Crippen molar-refractivity contribution in [3.05, 3.63) is 59.9 Å². The van der Waals surface area contributed by atoms with Crippen LogP contribution in [0, 0.1) is 0 Å². The maximum atomic E-state index is 11.7. The van der Waals surface area contributed by atoms with E-state index in [1.54, 1.807) is 36.5 Å². The molecule has 2 N–H and O–H groups in total. The second-order valence-electron chi connectivity index (χ2n) is 3.66. The third-order valence-electron chi connectivity index (χ3n) is 2.34. The van der Waals surface area contributed by atoms with Gasteiger partial charge in [-0.2, -0.15) is 0 Å². The molecule has 0 radical (unpaired) electrons. The van der Waals surface area contributed by atoms with Crippen LogP contribution < -0.4 is 0 Å². The van der Waals surface area contributed by atoms with Crippen LogP contribution in [0.15, 0.2) is 48.7 Å². The maximum Gasteiger partial charge on any atom is 0.204 e. The zero-order chi connectivity index (χ0) is 13.0. The molecule has 2 aromatic rings. The van der Waals surface area contributed by atoms with Crippen molar-refractivity contribution in [2.24, 2.45) is 0 Å². The minimum Gasteiger partial charge on any atom is -0.504 e. The number of carbonyl (C=O) groups is 1. The third-order valence-corrected chi connectivity index (χ3v) is 2.34. The quantitative estimate of drug-likeness (QED) is 0.491. The van der Waals surface area contributed by atoms with Crippen LogP contribution in [0.1, 0.15) is 16.1 Å². The Morgan fingerprint density at radius 1 is 1.11 bits per heavy atom. The number of allylic oxidation sites excluding steroid dienone is 1. The van der Waals surface area contributed by atoms with E-state index < -0.39 is 0 Å². The van der Waals surface area contributed by atoms with Gasteiger partial charge in [0.15, 0.2) is 11.5 Å². The highest BCUT2D eigenvalue weighted by atomic mass is 16.3. The minimum absolute atomic E-state index is 0.191. The van der Waals surface area contributed by atoms with Gasteiger partial charge < -0.3 is 10.2 Å². The highest BCUT2D eigenvalue weighted by Gasteiger charge is 2.02. The molecule has 0 aliphatic carbocycles. The van der Waals surface area contributed by atoms with Crippen LogP contribution in [0.3, 0.4) is 0 Å². The van der Waals surface area contributed by atoms with E-state index in [-0.39, 0.29) is 17.3 Å². The average Bonchev–Trinajstić information content (AvgIpc) is 2.41. The molecule has 90 valence electrons. The average molecular weight is 241 g/mol. The van der Waals surface area contributed by atoms with Gasteiger partial charge in [-0.25, -0.2) is 0 Å². The summed E-state index contributed by atoms with van der Waals surface area (Å²) in [7, 11) is 0. The largest absolute Gasteiger partial charge is 0.504 e. The zero-order valence-electron chi connectivity index (χ0n) is 9.45. The van der Waals surface area contributed by atoms with Gasteiger partial charge in [0, 0.05) is 6.20 Å². The van der Waals surface area contributed by atoms with Crippen LogP contribution in [-0.4, -0.2) is 21.0 Å². The Morgan fingerprint density at radius 3 is 2.61 bits per heavy atom.